The van der Waals surface area contributed by atoms with Crippen molar-refractivity contribution in [1.29, 1.82) is 0 Å². The number of rotatable bonds is 13. The highest BCUT2D eigenvalue weighted by Gasteiger charge is 2.03. The maximum Gasteiger partial charge on any atom is 0.243 e. The number of nitrogens with one attached hydrogen (secondary N) is 1. The van der Waals surface area contributed by atoms with E-state index in [0.29, 0.717) is 35.9 Å². The summed E-state index contributed by atoms with van der Waals surface area (Å²) in [6.45, 7) is 32.9. The van der Waals surface area contributed by atoms with Crippen LogP contribution >= 0.6 is 0 Å². The minimum absolute atomic E-state index is 0.00583. The molecule has 41 heavy (non-hydrogen) atoms. The lowest BCUT2D eigenvalue weighted by atomic mass is 10.1. The highest BCUT2D eigenvalue weighted by Crippen LogP contribution is 2.03. The summed E-state index contributed by atoms with van der Waals surface area (Å²) in [5, 5.41) is 2.77. The van der Waals surface area contributed by atoms with E-state index in [4.69, 9.17) is 0 Å². The Morgan fingerprint density at radius 2 is 0.951 bits per heavy atom. The topological polar surface area (TPSA) is 63.2 Å². The van der Waals surface area contributed by atoms with Crippen LogP contribution in [0.1, 0.15) is 124 Å². The second-order valence-corrected chi connectivity index (χ2v) is 13.2. The third-order valence-corrected chi connectivity index (χ3v) is 4.89. The van der Waals surface area contributed by atoms with Gasteiger partial charge in [0.05, 0.1) is 0 Å². The maximum absolute atomic E-state index is 11.1. The Hall–Kier alpha value is -2.23. The Bertz CT molecular complexity index is 761. The molecule has 1 amide bonds. The van der Waals surface area contributed by atoms with Crippen molar-refractivity contribution in [3.63, 3.8) is 0 Å². The zero-order valence-corrected chi connectivity index (χ0v) is 29.9. The molecule has 0 bridgehead atoms. The fourth-order valence-electron chi connectivity index (χ4n) is 2.41. The molecule has 0 heterocycles. The lowest BCUT2D eigenvalue weighted by Gasteiger charge is -2.04. The van der Waals surface area contributed by atoms with Crippen LogP contribution in [0.25, 0.3) is 0 Å². The molecule has 0 atom stereocenters. The summed E-state index contributed by atoms with van der Waals surface area (Å²) in [6, 6.07) is 0.222. The molecule has 0 rings (SSSR count). The van der Waals surface area contributed by atoms with Crippen LogP contribution in [-0.2, 0) is 14.4 Å². The fraction of sp³-hybridized carbons (Fsp3) is 0.703. The molecule has 0 aliphatic carbocycles. The number of amides is 1. The van der Waals surface area contributed by atoms with Crippen LogP contribution in [-0.4, -0.2) is 23.5 Å². The smallest absolute Gasteiger partial charge is 0.243 e. The first-order valence-electron chi connectivity index (χ1n) is 15.8. The zero-order chi connectivity index (χ0) is 33.1. The minimum atomic E-state index is -0.00583. The number of carbonyl (C=O) groups excluding carboxylic acids is 3. The third-order valence-electron chi connectivity index (χ3n) is 4.89. The number of allylic oxidation sites excluding steroid dienone is 7. The van der Waals surface area contributed by atoms with Crippen LogP contribution in [0.15, 0.2) is 48.6 Å². The van der Waals surface area contributed by atoms with Gasteiger partial charge in [0, 0.05) is 24.3 Å². The van der Waals surface area contributed by atoms with Crippen LogP contribution in [0.2, 0.25) is 0 Å². The van der Waals surface area contributed by atoms with E-state index >= 15 is 0 Å². The SMILES string of the molecule is CC(C)/C=C/C(=O)C(C)C.CC(C)/C=C/C(=O)NC(C)C.CC(C)/C=C/CC(=O)C(C)C.CC(C)/C=C/CC(C)C. The van der Waals surface area contributed by atoms with E-state index < -0.39 is 0 Å². The van der Waals surface area contributed by atoms with E-state index in [1.165, 1.54) is 6.42 Å². The Morgan fingerprint density at radius 3 is 1.29 bits per heavy atom. The number of Topliss-reactive ketones (excluding diaryl/α,β-unsaturated/α-hetero) is 1. The molecule has 0 aliphatic rings. The number of hydrogen-bond donors (Lipinski definition) is 1. The maximum atomic E-state index is 11.1. The number of hydrogen-bond acceptors (Lipinski definition) is 3. The molecular formula is C37H69NO3. The van der Waals surface area contributed by atoms with Crippen molar-refractivity contribution in [3.05, 3.63) is 48.6 Å². The van der Waals surface area contributed by atoms with E-state index in [9.17, 15) is 14.4 Å². The molecule has 0 radical (unpaired) electrons. The molecule has 0 saturated carbocycles. The normalized spacial score (nSPS) is 11.8. The van der Waals surface area contributed by atoms with Gasteiger partial charge in [0.1, 0.15) is 5.78 Å². The van der Waals surface area contributed by atoms with Crippen molar-refractivity contribution in [2.24, 2.45) is 41.4 Å². The molecule has 0 aromatic carbocycles. The summed E-state index contributed by atoms with van der Waals surface area (Å²) in [6.07, 6.45) is 17.5. The van der Waals surface area contributed by atoms with Gasteiger partial charge in [0.25, 0.3) is 0 Å². The van der Waals surface area contributed by atoms with E-state index in [1.807, 2.05) is 73.6 Å². The molecule has 0 aromatic heterocycles. The minimum Gasteiger partial charge on any atom is -0.350 e. The van der Waals surface area contributed by atoms with Gasteiger partial charge in [-0.2, -0.15) is 0 Å². The van der Waals surface area contributed by atoms with Gasteiger partial charge in [-0.25, -0.2) is 0 Å². The van der Waals surface area contributed by atoms with Crippen LogP contribution in [0.4, 0.5) is 0 Å². The van der Waals surface area contributed by atoms with Gasteiger partial charge in [0.15, 0.2) is 5.78 Å². The van der Waals surface area contributed by atoms with Gasteiger partial charge in [-0.15, -0.1) is 0 Å². The van der Waals surface area contributed by atoms with Gasteiger partial charge in [-0.05, 0) is 62.0 Å². The first kappa shape index (κ1) is 45.7. The van der Waals surface area contributed by atoms with E-state index in [-0.39, 0.29) is 29.6 Å². The fourth-order valence-corrected chi connectivity index (χ4v) is 2.41. The van der Waals surface area contributed by atoms with Gasteiger partial charge in [-0.1, -0.05) is 133 Å². The number of carbonyl (C=O) groups is 3. The number of ketones is 2. The largest absolute Gasteiger partial charge is 0.350 e. The lowest BCUT2D eigenvalue weighted by Crippen LogP contribution is -2.28. The van der Waals surface area contributed by atoms with E-state index in [1.54, 1.807) is 12.2 Å². The molecule has 4 heteroatoms. The predicted molar refractivity (Wildman–Crippen MR) is 183 cm³/mol. The van der Waals surface area contributed by atoms with Gasteiger partial charge in [0.2, 0.25) is 5.91 Å². The summed E-state index contributed by atoms with van der Waals surface area (Å²) in [7, 11) is 0. The lowest BCUT2D eigenvalue weighted by molar-refractivity contribution is -0.121. The quantitative estimate of drug-likeness (QED) is 0.175. The van der Waals surface area contributed by atoms with Crippen molar-refractivity contribution in [2.45, 2.75) is 130 Å². The second kappa shape index (κ2) is 29.3. The van der Waals surface area contributed by atoms with E-state index in [2.05, 4.69) is 78.9 Å². The van der Waals surface area contributed by atoms with Crippen LogP contribution in [0.5, 0.6) is 0 Å². The molecule has 0 aliphatic heterocycles. The van der Waals surface area contributed by atoms with Crippen molar-refractivity contribution in [2.75, 3.05) is 0 Å². The third kappa shape index (κ3) is 47.9. The van der Waals surface area contributed by atoms with Crippen molar-refractivity contribution >= 4 is 17.5 Å². The molecule has 240 valence electrons. The highest BCUT2D eigenvalue weighted by atomic mass is 16.1. The molecule has 0 spiro atoms. The Balaban J connectivity index is -0.000000223. The molecule has 1 N–H and O–H groups in total. The van der Waals surface area contributed by atoms with Gasteiger partial charge in [-0.3, -0.25) is 14.4 Å². The molecule has 0 fully saturated rings. The first-order valence-corrected chi connectivity index (χ1v) is 15.8. The summed E-state index contributed by atoms with van der Waals surface area (Å²) in [5.74, 6) is 3.82. The average molecular weight is 576 g/mol. The summed E-state index contributed by atoms with van der Waals surface area (Å²) in [5.41, 5.74) is 0. The zero-order valence-electron chi connectivity index (χ0n) is 29.9. The molecule has 0 aromatic rings. The van der Waals surface area contributed by atoms with Crippen LogP contribution < -0.4 is 5.32 Å². The highest BCUT2D eigenvalue weighted by molar-refractivity contribution is 5.91. The molecule has 4 nitrogen and oxygen atoms in total. The van der Waals surface area contributed by atoms with Crippen LogP contribution in [0.3, 0.4) is 0 Å². The first-order chi connectivity index (χ1) is 18.7. The second-order valence-electron chi connectivity index (χ2n) is 13.2. The standard InChI is InChI=1S/C10H18O.C9H17NO.C9H16O.C9H18/c1-8(2)6-5-7-10(11)9(3)4;1-7(2)5-6-9(11)10-8(3)4;1-7(2)5-6-9(10)8(3)4;1-8(2)6-5-7-9(3)4/h5-6,8-9H,7H2,1-4H3;5-8H,1-4H3,(H,10,11);5-8H,1-4H3;5-6,8-9H,7H2,1-4H3/b4*6-5+. The van der Waals surface area contributed by atoms with Gasteiger partial charge < -0.3 is 5.32 Å². The Morgan fingerprint density at radius 1 is 0.537 bits per heavy atom. The molecule has 0 saturated heterocycles. The molecular weight excluding hydrogens is 506 g/mol. The van der Waals surface area contributed by atoms with Crippen molar-refractivity contribution < 1.29 is 14.4 Å². The van der Waals surface area contributed by atoms with Crippen molar-refractivity contribution in [3.8, 4) is 0 Å². The average Bonchev–Trinajstić information content (AvgIpc) is 2.81. The summed E-state index contributed by atoms with van der Waals surface area (Å²) >= 11 is 0. The Kier molecular flexibility index (Phi) is 32.7. The van der Waals surface area contributed by atoms with E-state index in [0.717, 1.165) is 5.92 Å². The molecule has 0 unspecified atom stereocenters. The predicted octanol–water partition coefficient (Wildman–Crippen LogP) is 10.2. The van der Waals surface area contributed by atoms with Crippen LogP contribution in [0, 0.1) is 41.4 Å². The van der Waals surface area contributed by atoms with Gasteiger partial charge >= 0.3 is 0 Å². The summed E-state index contributed by atoms with van der Waals surface area (Å²) < 4.78 is 0. The summed E-state index contributed by atoms with van der Waals surface area (Å²) in [4.78, 5) is 33.0. The monoisotopic (exact) mass is 576 g/mol. The Labute approximate surface area is 256 Å². The van der Waals surface area contributed by atoms with Crippen molar-refractivity contribution in [1.82, 2.24) is 5.32 Å².